The molecular weight excluding hydrogens is 352 g/mol. The molecular formula is C18H30N4O3S. The van der Waals surface area contributed by atoms with Crippen LogP contribution in [0.2, 0.25) is 0 Å². The lowest BCUT2D eigenvalue weighted by Crippen LogP contribution is -2.46. The molecule has 2 heterocycles. The number of rotatable bonds is 5. The van der Waals surface area contributed by atoms with Crippen LogP contribution in [0.5, 0.6) is 0 Å². The minimum Gasteiger partial charge on any atom is -0.373 e. The normalized spacial score (nSPS) is 22.7. The van der Waals surface area contributed by atoms with Gasteiger partial charge < -0.3 is 15.4 Å². The van der Waals surface area contributed by atoms with E-state index in [0.717, 1.165) is 25.3 Å². The summed E-state index contributed by atoms with van der Waals surface area (Å²) < 4.78 is 5.74. The lowest BCUT2D eigenvalue weighted by Gasteiger charge is -2.34. The lowest BCUT2D eigenvalue weighted by atomic mass is 9.95. The van der Waals surface area contributed by atoms with Gasteiger partial charge in [-0.3, -0.25) is 14.5 Å². The molecule has 146 valence electrons. The van der Waals surface area contributed by atoms with Crippen molar-refractivity contribution in [2.24, 2.45) is 5.41 Å². The first-order chi connectivity index (χ1) is 12.0. The van der Waals surface area contributed by atoms with E-state index in [2.05, 4.69) is 34.4 Å². The van der Waals surface area contributed by atoms with Crippen LogP contribution >= 0.6 is 11.3 Å². The number of nitrogens with one attached hydrogen (secondary N) is 2. The lowest BCUT2D eigenvalue weighted by molar-refractivity contribution is -0.131. The molecule has 26 heavy (non-hydrogen) atoms. The maximum absolute atomic E-state index is 12.3. The van der Waals surface area contributed by atoms with Crippen LogP contribution in [0.1, 0.15) is 47.2 Å². The summed E-state index contributed by atoms with van der Waals surface area (Å²) >= 11 is 1.40. The summed E-state index contributed by atoms with van der Waals surface area (Å²) in [6.07, 6.45) is 0.424. The van der Waals surface area contributed by atoms with Crippen molar-refractivity contribution in [1.82, 2.24) is 15.2 Å². The molecule has 3 unspecified atom stereocenters. The van der Waals surface area contributed by atoms with Crippen molar-refractivity contribution in [3.05, 3.63) is 11.1 Å². The van der Waals surface area contributed by atoms with E-state index >= 15 is 0 Å². The summed E-state index contributed by atoms with van der Waals surface area (Å²) in [5, 5.41) is 8.02. The Bertz CT molecular complexity index is 631. The van der Waals surface area contributed by atoms with Gasteiger partial charge in [-0.15, -0.1) is 11.3 Å². The van der Waals surface area contributed by atoms with Crippen molar-refractivity contribution in [2.45, 2.75) is 66.3 Å². The molecule has 1 saturated heterocycles. The number of ether oxygens (including phenoxy) is 1. The Morgan fingerprint density at radius 2 is 1.96 bits per heavy atom. The molecule has 1 aromatic rings. The topological polar surface area (TPSA) is 83.6 Å². The van der Waals surface area contributed by atoms with Crippen molar-refractivity contribution >= 4 is 28.3 Å². The molecule has 0 aromatic carbocycles. The molecule has 0 saturated carbocycles. The number of amides is 2. The Morgan fingerprint density at radius 1 is 1.35 bits per heavy atom. The molecule has 0 spiro atoms. The summed E-state index contributed by atoms with van der Waals surface area (Å²) in [5.41, 5.74) is 0.396. The number of carbonyl (C=O) groups excluding carboxylic acids is 2. The van der Waals surface area contributed by atoms with Crippen LogP contribution in [0, 0.1) is 5.41 Å². The van der Waals surface area contributed by atoms with E-state index in [4.69, 9.17) is 4.74 Å². The van der Waals surface area contributed by atoms with Crippen LogP contribution in [0.4, 0.5) is 5.13 Å². The van der Waals surface area contributed by atoms with Gasteiger partial charge in [0, 0.05) is 30.4 Å². The number of anilines is 1. The largest absolute Gasteiger partial charge is 0.373 e. The molecule has 0 radical (unpaired) electrons. The molecule has 0 bridgehead atoms. The van der Waals surface area contributed by atoms with E-state index in [-0.39, 0.29) is 24.0 Å². The van der Waals surface area contributed by atoms with E-state index in [1.165, 1.54) is 11.3 Å². The molecule has 1 aromatic heterocycles. The number of hydrogen-bond acceptors (Lipinski definition) is 6. The van der Waals surface area contributed by atoms with Crippen molar-refractivity contribution < 1.29 is 14.3 Å². The van der Waals surface area contributed by atoms with E-state index in [1.807, 2.05) is 26.2 Å². The molecule has 2 rings (SSSR count). The van der Waals surface area contributed by atoms with Gasteiger partial charge in [-0.2, -0.15) is 0 Å². The average molecular weight is 383 g/mol. The van der Waals surface area contributed by atoms with Crippen molar-refractivity contribution in [3.63, 3.8) is 0 Å². The van der Waals surface area contributed by atoms with E-state index in [0.29, 0.717) is 5.13 Å². The summed E-state index contributed by atoms with van der Waals surface area (Å²) in [5.74, 6) is -0.423. The summed E-state index contributed by atoms with van der Waals surface area (Å²) in [6, 6.07) is -0.616. The van der Waals surface area contributed by atoms with Gasteiger partial charge in [0.1, 0.15) is 6.04 Å². The van der Waals surface area contributed by atoms with Gasteiger partial charge in [0.25, 0.3) is 0 Å². The number of hydrogen-bond donors (Lipinski definition) is 2. The Hall–Kier alpha value is -1.51. The predicted octanol–water partition coefficient (Wildman–Crippen LogP) is 2.24. The molecule has 1 fully saturated rings. The molecule has 1 aliphatic rings. The van der Waals surface area contributed by atoms with Crippen molar-refractivity contribution in [2.75, 3.05) is 18.4 Å². The zero-order valence-electron chi connectivity index (χ0n) is 16.5. The van der Waals surface area contributed by atoms with Crippen LogP contribution in [-0.4, -0.2) is 53.0 Å². The fraction of sp³-hybridized carbons (Fsp3) is 0.722. The molecule has 0 aliphatic carbocycles. The summed E-state index contributed by atoms with van der Waals surface area (Å²) in [6.45, 7) is 13.7. The monoisotopic (exact) mass is 382 g/mol. The van der Waals surface area contributed by atoms with Gasteiger partial charge in [-0.25, -0.2) is 4.98 Å². The Morgan fingerprint density at radius 3 is 2.54 bits per heavy atom. The number of aromatic nitrogens is 1. The van der Waals surface area contributed by atoms with Gasteiger partial charge in [-0.1, -0.05) is 20.8 Å². The van der Waals surface area contributed by atoms with Gasteiger partial charge in [0.15, 0.2) is 5.13 Å². The van der Waals surface area contributed by atoms with Gasteiger partial charge in [0.05, 0.1) is 17.9 Å². The van der Waals surface area contributed by atoms with Crippen LogP contribution in [0.3, 0.4) is 0 Å². The van der Waals surface area contributed by atoms with Crippen LogP contribution in [-0.2, 0) is 20.9 Å². The summed E-state index contributed by atoms with van der Waals surface area (Å²) in [4.78, 5) is 31.1. The summed E-state index contributed by atoms with van der Waals surface area (Å²) in [7, 11) is 0. The first kappa shape index (κ1) is 20.8. The molecule has 1 aliphatic heterocycles. The molecule has 8 heteroatoms. The van der Waals surface area contributed by atoms with Crippen LogP contribution in [0.15, 0.2) is 5.38 Å². The van der Waals surface area contributed by atoms with Crippen LogP contribution < -0.4 is 10.6 Å². The number of thiazole rings is 1. The fourth-order valence-corrected chi connectivity index (χ4v) is 3.48. The zero-order valence-corrected chi connectivity index (χ0v) is 17.3. The molecule has 2 N–H and O–H groups in total. The van der Waals surface area contributed by atoms with Gasteiger partial charge in [0.2, 0.25) is 11.8 Å². The van der Waals surface area contributed by atoms with Crippen molar-refractivity contribution in [3.8, 4) is 0 Å². The minimum atomic E-state index is -0.616. The molecule has 7 nitrogen and oxygen atoms in total. The molecule has 3 atom stereocenters. The predicted molar refractivity (Wildman–Crippen MR) is 103 cm³/mol. The Balaban J connectivity index is 1.87. The van der Waals surface area contributed by atoms with E-state index in [1.54, 1.807) is 6.92 Å². The quantitative estimate of drug-likeness (QED) is 0.816. The van der Waals surface area contributed by atoms with Crippen molar-refractivity contribution in [1.29, 1.82) is 0 Å². The highest BCUT2D eigenvalue weighted by Gasteiger charge is 2.26. The minimum absolute atomic E-state index is 0.157. The highest BCUT2D eigenvalue weighted by Crippen LogP contribution is 2.19. The second kappa shape index (κ2) is 8.45. The smallest absolute Gasteiger partial charge is 0.248 e. The Labute approximate surface area is 159 Å². The van der Waals surface area contributed by atoms with Crippen LogP contribution in [0.25, 0.3) is 0 Å². The van der Waals surface area contributed by atoms with Gasteiger partial charge in [-0.05, 0) is 20.8 Å². The first-order valence-corrected chi connectivity index (χ1v) is 9.86. The number of nitrogens with zero attached hydrogens (tertiary/aromatic N) is 2. The third-order valence-electron chi connectivity index (χ3n) is 4.08. The average Bonchev–Trinajstić information content (AvgIpc) is 2.91. The third-order valence-corrected chi connectivity index (χ3v) is 4.89. The maximum atomic E-state index is 12.3. The highest BCUT2D eigenvalue weighted by molar-refractivity contribution is 7.13. The second-order valence-corrected chi connectivity index (χ2v) is 8.89. The first-order valence-electron chi connectivity index (χ1n) is 8.98. The SMILES string of the molecule is CC1CN(Cc2csc(NC(=O)C(C)NC(=O)C(C)(C)C)n2)CC(C)O1. The number of carbonyl (C=O) groups is 2. The van der Waals surface area contributed by atoms with E-state index in [9.17, 15) is 9.59 Å². The van der Waals surface area contributed by atoms with Gasteiger partial charge >= 0.3 is 0 Å². The van der Waals surface area contributed by atoms with E-state index < -0.39 is 11.5 Å². The zero-order chi connectivity index (χ0) is 19.5. The third kappa shape index (κ3) is 6.03. The Kier molecular flexibility index (Phi) is 6.76. The highest BCUT2D eigenvalue weighted by atomic mass is 32.1. The number of morpholine rings is 1. The second-order valence-electron chi connectivity index (χ2n) is 8.03. The fourth-order valence-electron chi connectivity index (χ4n) is 2.77. The molecule has 2 amide bonds. The maximum Gasteiger partial charge on any atom is 0.248 e. The standard InChI is InChI=1S/C18H30N4O3S/c1-11-7-22(8-12(2)25-11)9-14-10-26-17(20-14)21-15(23)13(3)19-16(24)18(4,5)6/h10-13H,7-9H2,1-6H3,(H,19,24)(H,20,21,23).